The molecule has 0 bridgehead atoms. The predicted octanol–water partition coefficient (Wildman–Crippen LogP) is 3.56. The van der Waals surface area contributed by atoms with Gasteiger partial charge in [-0.1, -0.05) is 17.7 Å². The number of hydrogen-bond acceptors (Lipinski definition) is 1. The van der Waals surface area contributed by atoms with E-state index in [0.717, 1.165) is 9.50 Å². The van der Waals surface area contributed by atoms with Crippen molar-refractivity contribution in [2.24, 2.45) is 0 Å². The van der Waals surface area contributed by atoms with Crippen molar-refractivity contribution in [3.63, 3.8) is 0 Å². The fourth-order valence-electron chi connectivity index (χ4n) is 1.03. The molecule has 0 aromatic heterocycles. The van der Waals surface area contributed by atoms with Crippen molar-refractivity contribution in [1.82, 2.24) is 5.32 Å². The van der Waals surface area contributed by atoms with Gasteiger partial charge in [0, 0.05) is 10.0 Å². The second kappa shape index (κ2) is 3.99. The molecule has 0 saturated carbocycles. The lowest BCUT2D eigenvalue weighted by Gasteiger charge is -2.24. The molecule has 0 atom stereocenters. The van der Waals surface area contributed by atoms with Gasteiger partial charge in [-0.3, -0.25) is 0 Å². The first kappa shape index (κ1) is 11.0. The Morgan fingerprint density at radius 2 is 2.00 bits per heavy atom. The molecule has 0 saturated heterocycles. The zero-order valence-corrected chi connectivity index (χ0v) is 10.3. The van der Waals surface area contributed by atoms with Gasteiger partial charge in [-0.05, 0) is 54.5 Å². The van der Waals surface area contributed by atoms with Crippen LogP contribution in [0, 0.1) is 0 Å². The maximum atomic E-state index is 6.00. The molecule has 1 aromatic rings. The number of benzene rings is 1. The first-order chi connectivity index (χ1) is 5.97. The van der Waals surface area contributed by atoms with E-state index in [2.05, 4.69) is 41.2 Å². The molecule has 0 fully saturated rings. The van der Waals surface area contributed by atoms with E-state index in [1.807, 2.05) is 19.2 Å². The van der Waals surface area contributed by atoms with Gasteiger partial charge in [0.15, 0.2) is 0 Å². The minimum atomic E-state index is -0.0374. The van der Waals surface area contributed by atoms with Gasteiger partial charge < -0.3 is 5.32 Å². The van der Waals surface area contributed by atoms with Gasteiger partial charge in [0.2, 0.25) is 0 Å². The molecule has 3 heteroatoms. The maximum absolute atomic E-state index is 6.00. The summed E-state index contributed by atoms with van der Waals surface area (Å²) >= 11 is 9.37. The van der Waals surface area contributed by atoms with Crippen LogP contribution in [-0.2, 0) is 5.54 Å². The highest BCUT2D eigenvalue weighted by Gasteiger charge is 2.17. The average molecular weight is 263 g/mol. The molecule has 1 nitrogen and oxygen atoms in total. The normalized spacial score (nSPS) is 11.8. The third-order valence-electron chi connectivity index (χ3n) is 2.27. The van der Waals surface area contributed by atoms with E-state index in [0.29, 0.717) is 0 Å². The van der Waals surface area contributed by atoms with Crippen LogP contribution in [0.3, 0.4) is 0 Å². The van der Waals surface area contributed by atoms with E-state index in [1.54, 1.807) is 0 Å². The topological polar surface area (TPSA) is 12.0 Å². The van der Waals surface area contributed by atoms with Crippen molar-refractivity contribution in [2.45, 2.75) is 19.4 Å². The lowest BCUT2D eigenvalue weighted by atomic mass is 9.95. The summed E-state index contributed by atoms with van der Waals surface area (Å²) in [5, 5.41) is 3.98. The van der Waals surface area contributed by atoms with E-state index in [4.69, 9.17) is 11.6 Å². The van der Waals surface area contributed by atoms with E-state index in [1.165, 1.54) is 5.56 Å². The molecule has 0 spiro atoms. The lowest BCUT2D eigenvalue weighted by molar-refractivity contribution is 0.444. The Hall–Kier alpha value is -0.0500. The molecule has 0 aliphatic rings. The van der Waals surface area contributed by atoms with Gasteiger partial charge >= 0.3 is 0 Å². The summed E-state index contributed by atoms with van der Waals surface area (Å²) < 4.78 is 0.935. The summed E-state index contributed by atoms with van der Waals surface area (Å²) in [5.41, 5.74) is 1.15. The fraction of sp³-hybridized carbons (Fsp3) is 0.400. The molecular formula is C10H13BrClN. The Kier molecular flexibility index (Phi) is 3.38. The molecule has 0 amide bonds. The van der Waals surface area contributed by atoms with Crippen molar-refractivity contribution in [1.29, 1.82) is 0 Å². The van der Waals surface area contributed by atoms with Crippen LogP contribution in [0.5, 0.6) is 0 Å². The van der Waals surface area contributed by atoms with Gasteiger partial charge in [-0.25, -0.2) is 0 Å². The largest absolute Gasteiger partial charge is 0.311 e. The molecule has 1 aromatic carbocycles. The molecular weight excluding hydrogens is 249 g/mol. The van der Waals surface area contributed by atoms with Crippen molar-refractivity contribution in [3.05, 3.63) is 33.3 Å². The van der Waals surface area contributed by atoms with Gasteiger partial charge in [0.05, 0.1) is 5.02 Å². The van der Waals surface area contributed by atoms with Crippen LogP contribution in [0.4, 0.5) is 0 Å². The average Bonchev–Trinajstić information content (AvgIpc) is 2.09. The smallest absolute Gasteiger partial charge is 0.0551 e. The van der Waals surface area contributed by atoms with E-state index in [9.17, 15) is 0 Å². The molecule has 1 rings (SSSR count). The van der Waals surface area contributed by atoms with Gasteiger partial charge in [-0.15, -0.1) is 0 Å². The third kappa shape index (κ3) is 2.46. The molecule has 0 radical (unpaired) electrons. The summed E-state index contributed by atoms with van der Waals surface area (Å²) in [6.45, 7) is 4.24. The monoisotopic (exact) mass is 261 g/mol. The Morgan fingerprint density at radius 3 is 2.46 bits per heavy atom. The Bertz CT molecular complexity index is 310. The highest BCUT2D eigenvalue weighted by atomic mass is 79.9. The molecule has 0 aliphatic heterocycles. The van der Waals surface area contributed by atoms with Crippen LogP contribution < -0.4 is 5.32 Å². The SMILES string of the molecule is CNC(C)(C)c1ccc(Br)c(Cl)c1. The highest BCUT2D eigenvalue weighted by Crippen LogP contribution is 2.28. The number of nitrogens with one attached hydrogen (secondary N) is 1. The zero-order chi connectivity index (χ0) is 10.1. The van der Waals surface area contributed by atoms with Crippen LogP contribution >= 0.6 is 27.5 Å². The summed E-state index contributed by atoms with van der Waals surface area (Å²) in [4.78, 5) is 0. The second-order valence-corrected chi connectivity index (χ2v) is 4.77. The van der Waals surface area contributed by atoms with Gasteiger partial charge in [0.25, 0.3) is 0 Å². The van der Waals surface area contributed by atoms with E-state index in [-0.39, 0.29) is 5.54 Å². The number of halogens is 2. The van der Waals surface area contributed by atoms with Crippen molar-refractivity contribution >= 4 is 27.5 Å². The quantitative estimate of drug-likeness (QED) is 0.859. The lowest BCUT2D eigenvalue weighted by Crippen LogP contribution is -2.32. The molecule has 1 N–H and O–H groups in total. The molecule has 0 unspecified atom stereocenters. The second-order valence-electron chi connectivity index (χ2n) is 3.50. The van der Waals surface area contributed by atoms with Crippen molar-refractivity contribution in [3.8, 4) is 0 Å². The molecule has 13 heavy (non-hydrogen) atoms. The highest BCUT2D eigenvalue weighted by molar-refractivity contribution is 9.10. The van der Waals surface area contributed by atoms with Crippen LogP contribution in [0.25, 0.3) is 0 Å². The Balaban J connectivity index is 3.10. The summed E-state index contributed by atoms with van der Waals surface area (Å²) in [7, 11) is 1.94. The molecule has 0 aliphatic carbocycles. The summed E-state index contributed by atoms with van der Waals surface area (Å²) in [5.74, 6) is 0. The maximum Gasteiger partial charge on any atom is 0.0551 e. The first-order valence-corrected chi connectivity index (χ1v) is 5.29. The van der Waals surface area contributed by atoms with Crippen LogP contribution in [0.15, 0.2) is 22.7 Å². The number of hydrogen-bond donors (Lipinski definition) is 1. The first-order valence-electron chi connectivity index (χ1n) is 4.12. The summed E-state index contributed by atoms with van der Waals surface area (Å²) in [6.07, 6.45) is 0. The van der Waals surface area contributed by atoms with Crippen molar-refractivity contribution < 1.29 is 0 Å². The molecule has 72 valence electrons. The minimum absolute atomic E-state index is 0.0374. The minimum Gasteiger partial charge on any atom is -0.311 e. The Morgan fingerprint density at radius 1 is 1.38 bits per heavy atom. The Labute approximate surface area is 92.6 Å². The zero-order valence-electron chi connectivity index (χ0n) is 7.99. The number of rotatable bonds is 2. The fourth-order valence-corrected chi connectivity index (χ4v) is 1.46. The predicted molar refractivity (Wildman–Crippen MR) is 61.2 cm³/mol. The van der Waals surface area contributed by atoms with Gasteiger partial charge in [0.1, 0.15) is 0 Å². The van der Waals surface area contributed by atoms with E-state index >= 15 is 0 Å². The standard InChI is InChI=1S/C10H13BrClN/c1-10(2,13-3)7-4-5-8(11)9(12)6-7/h4-6,13H,1-3H3. The molecule has 0 heterocycles. The van der Waals surface area contributed by atoms with Crippen molar-refractivity contribution in [2.75, 3.05) is 7.05 Å². The third-order valence-corrected chi connectivity index (χ3v) is 3.50. The summed E-state index contributed by atoms with van der Waals surface area (Å²) in [6, 6.07) is 6.01. The van der Waals surface area contributed by atoms with Crippen LogP contribution in [-0.4, -0.2) is 7.05 Å². The van der Waals surface area contributed by atoms with Crippen LogP contribution in [0.2, 0.25) is 5.02 Å². The van der Waals surface area contributed by atoms with Crippen LogP contribution in [0.1, 0.15) is 19.4 Å². The van der Waals surface area contributed by atoms with E-state index < -0.39 is 0 Å². The van der Waals surface area contributed by atoms with Gasteiger partial charge in [-0.2, -0.15) is 0 Å².